The predicted octanol–water partition coefficient (Wildman–Crippen LogP) is 2.03. The van der Waals surface area contributed by atoms with E-state index in [1.54, 1.807) is 7.11 Å². The van der Waals surface area contributed by atoms with Crippen molar-refractivity contribution in [1.82, 2.24) is 10.2 Å². The molecule has 0 bridgehead atoms. The average molecular weight is 346 g/mol. The summed E-state index contributed by atoms with van der Waals surface area (Å²) in [5, 5.41) is 12.4. The molecule has 2 fully saturated rings. The van der Waals surface area contributed by atoms with E-state index in [0.29, 0.717) is 18.9 Å². The van der Waals surface area contributed by atoms with Crippen LogP contribution in [0.2, 0.25) is 0 Å². The van der Waals surface area contributed by atoms with Crippen LogP contribution in [0.4, 0.5) is 0 Å². The molecule has 1 saturated carbocycles. The van der Waals surface area contributed by atoms with Gasteiger partial charge in [0.25, 0.3) is 0 Å². The second kappa shape index (κ2) is 7.87. The Morgan fingerprint density at radius 2 is 2.04 bits per heavy atom. The SMILES string of the molecule is COc1ccccc1CNC(=O)CN1C(C(=O)O)CC2CCCCC21. The van der Waals surface area contributed by atoms with Crippen LogP contribution in [-0.4, -0.2) is 47.6 Å². The Labute approximate surface area is 148 Å². The van der Waals surface area contributed by atoms with E-state index in [-0.39, 0.29) is 18.5 Å². The lowest BCUT2D eigenvalue weighted by Crippen LogP contribution is -2.47. The third-order valence-corrected chi connectivity index (χ3v) is 5.50. The molecule has 2 aliphatic rings. The van der Waals surface area contributed by atoms with E-state index >= 15 is 0 Å². The fourth-order valence-corrected chi connectivity index (χ4v) is 4.29. The van der Waals surface area contributed by atoms with Gasteiger partial charge in [-0.2, -0.15) is 0 Å². The highest BCUT2D eigenvalue weighted by Crippen LogP contribution is 2.39. The molecular weight excluding hydrogens is 320 g/mol. The molecule has 6 nitrogen and oxygen atoms in total. The maximum atomic E-state index is 12.4. The van der Waals surface area contributed by atoms with Gasteiger partial charge in [0.15, 0.2) is 0 Å². The molecule has 3 unspecified atom stereocenters. The Morgan fingerprint density at radius 1 is 1.28 bits per heavy atom. The van der Waals surface area contributed by atoms with Gasteiger partial charge in [-0.3, -0.25) is 14.5 Å². The lowest BCUT2D eigenvalue weighted by atomic mass is 9.85. The number of aliphatic carboxylic acids is 1. The van der Waals surface area contributed by atoms with E-state index in [1.807, 2.05) is 29.2 Å². The number of rotatable bonds is 6. The number of carbonyl (C=O) groups excluding carboxylic acids is 1. The zero-order valence-corrected chi connectivity index (χ0v) is 14.6. The second-order valence-electron chi connectivity index (χ2n) is 6.96. The number of carboxylic acid groups (broad SMARTS) is 1. The molecule has 0 aromatic heterocycles. The van der Waals surface area contributed by atoms with Crippen LogP contribution in [0.1, 0.15) is 37.7 Å². The highest BCUT2D eigenvalue weighted by molar-refractivity contribution is 5.80. The zero-order chi connectivity index (χ0) is 17.8. The molecule has 1 aliphatic heterocycles. The van der Waals surface area contributed by atoms with E-state index < -0.39 is 12.0 Å². The lowest BCUT2D eigenvalue weighted by Gasteiger charge is -2.32. The molecule has 3 atom stereocenters. The molecular formula is C19H26N2O4. The number of ether oxygens (including phenoxy) is 1. The number of para-hydroxylation sites is 1. The summed E-state index contributed by atoms with van der Waals surface area (Å²) in [7, 11) is 1.60. The van der Waals surface area contributed by atoms with Crippen molar-refractivity contribution >= 4 is 11.9 Å². The van der Waals surface area contributed by atoms with E-state index in [2.05, 4.69) is 5.32 Å². The summed E-state index contributed by atoms with van der Waals surface area (Å²) in [6.07, 6.45) is 5.02. The monoisotopic (exact) mass is 346 g/mol. The third kappa shape index (κ3) is 3.95. The number of amides is 1. The maximum Gasteiger partial charge on any atom is 0.320 e. The van der Waals surface area contributed by atoms with E-state index in [1.165, 1.54) is 6.42 Å². The Bertz CT molecular complexity index is 634. The number of methoxy groups -OCH3 is 1. The quantitative estimate of drug-likeness (QED) is 0.824. The lowest BCUT2D eigenvalue weighted by molar-refractivity contribution is -0.143. The van der Waals surface area contributed by atoms with E-state index in [0.717, 1.165) is 30.6 Å². The van der Waals surface area contributed by atoms with Crippen LogP contribution in [0, 0.1) is 5.92 Å². The topological polar surface area (TPSA) is 78.9 Å². The van der Waals surface area contributed by atoms with Crippen LogP contribution in [0.15, 0.2) is 24.3 Å². The molecule has 2 N–H and O–H groups in total. The first-order valence-corrected chi connectivity index (χ1v) is 8.97. The number of fused-ring (bicyclic) bond motifs is 1. The Hall–Kier alpha value is -2.08. The van der Waals surface area contributed by atoms with Crippen LogP contribution >= 0.6 is 0 Å². The maximum absolute atomic E-state index is 12.4. The van der Waals surface area contributed by atoms with E-state index in [4.69, 9.17) is 4.74 Å². The van der Waals surface area contributed by atoms with Crippen molar-refractivity contribution in [1.29, 1.82) is 0 Å². The molecule has 3 rings (SSSR count). The molecule has 0 spiro atoms. The van der Waals surface area contributed by atoms with Gasteiger partial charge in [-0.15, -0.1) is 0 Å². The van der Waals surface area contributed by atoms with Crippen LogP contribution < -0.4 is 10.1 Å². The van der Waals surface area contributed by atoms with Gasteiger partial charge in [-0.05, 0) is 31.2 Å². The number of likely N-dealkylation sites (tertiary alicyclic amines) is 1. The Kier molecular flexibility index (Phi) is 5.58. The minimum absolute atomic E-state index is 0.136. The molecule has 25 heavy (non-hydrogen) atoms. The summed E-state index contributed by atoms with van der Waals surface area (Å²) in [5.41, 5.74) is 0.907. The van der Waals surface area contributed by atoms with Crippen molar-refractivity contribution < 1.29 is 19.4 Å². The Morgan fingerprint density at radius 3 is 2.80 bits per heavy atom. The van der Waals surface area contributed by atoms with Gasteiger partial charge >= 0.3 is 5.97 Å². The van der Waals surface area contributed by atoms with Gasteiger partial charge in [0.1, 0.15) is 11.8 Å². The molecule has 1 amide bonds. The van der Waals surface area contributed by atoms with Crippen molar-refractivity contribution in [3.8, 4) is 5.75 Å². The number of benzene rings is 1. The molecule has 1 aromatic carbocycles. The van der Waals surface area contributed by atoms with Gasteiger partial charge in [0.2, 0.25) is 5.91 Å². The molecule has 6 heteroatoms. The summed E-state index contributed by atoms with van der Waals surface area (Å²) in [6.45, 7) is 0.524. The van der Waals surface area contributed by atoms with Gasteiger partial charge in [0.05, 0.1) is 13.7 Å². The first-order chi connectivity index (χ1) is 12.1. The normalized spacial score (nSPS) is 26.0. The number of nitrogens with one attached hydrogen (secondary N) is 1. The third-order valence-electron chi connectivity index (χ3n) is 5.50. The number of carbonyl (C=O) groups is 2. The zero-order valence-electron chi connectivity index (χ0n) is 14.6. The molecule has 1 saturated heterocycles. The fourth-order valence-electron chi connectivity index (χ4n) is 4.29. The standard InChI is InChI=1S/C19H26N2O4/c1-25-17-9-5-3-7-14(17)11-20-18(22)12-21-15-8-4-2-6-13(15)10-16(21)19(23)24/h3,5,7,9,13,15-16H,2,4,6,8,10-12H2,1H3,(H,20,22)(H,23,24). The summed E-state index contributed by atoms with van der Waals surface area (Å²) < 4.78 is 5.29. The van der Waals surface area contributed by atoms with Crippen molar-refractivity contribution in [3.63, 3.8) is 0 Å². The highest BCUT2D eigenvalue weighted by atomic mass is 16.5. The van der Waals surface area contributed by atoms with Gasteiger partial charge in [-0.25, -0.2) is 0 Å². The van der Waals surface area contributed by atoms with Gasteiger partial charge in [0, 0.05) is 18.2 Å². The number of carboxylic acids is 1. The summed E-state index contributed by atoms with van der Waals surface area (Å²) in [5.74, 6) is 0.201. The van der Waals surface area contributed by atoms with Crippen molar-refractivity contribution in [2.24, 2.45) is 5.92 Å². The van der Waals surface area contributed by atoms with Gasteiger partial charge < -0.3 is 15.2 Å². The van der Waals surface area contributed by atoms with E-state index in [9.17, 15) is 14.7 Å². The fraction of sp³-hybridized carbons (Fsp3) is 0.579. The first-order valence-electron chi connectivity index (χ1n) is 8.97. The minimum atomic E-state index is -0.813. The smallest absolute Gasteiger partial charge is 0.320 e. The van der Waals surface area contributed by atoms with Crippen LogP contribution in [0.3, 0.4) is 0 Å². The summed E-state index contributed by atoms with van der Waals surface area (Å²) in [4.78, 5) is 25.9. The summed E-state index contributed by atoms with van der Waals surface area (Å²) in [6, 6.07) is 7.24. The number of nitrogens with zero attached hydrogens (tertiary/aromatic N) is 1. The summed E-state index contributed by atoms with van der Waals surface area (Å²) >= 11 is 0. The van der Waals surface area contributed by atoms with Crippen LogP contribution in [0.25, 0.3) is 0 Å². The van der Waals surface area contributed by atoms with Crippen molar-refractivity contribution in [2.45, 2.75) is 50.7 Å². The Balaban J connectivity index is 1.61. The highest BCUT2D eigenvalue weighted by Gasteiger charge is 2.45. The molecule has 1 aliphatic carbocycles. The molecule has 136 valence electrons. The minimum Gasteiger partial charge on any atom is -0.496 e. The largest absolute Gasteiger partial charge is 0.496 e. The van der Waals surface area contributed by atoms with Crippen LogP contribution in [0.5, 0.6) is 5.75 Å². The molecule has 1 aromatic rings. The first kappa shape index (κ1) is 17.7. The molecule has 1 heterocycles. The van der Waals surface area contributed by atoms with Gasteiger partial charge in [-0.1, -0.05) is 31.0 Å². The van der Waals surface area contributed by atoms with Crippen molar-refractivity contribution in [3.05, 3.63) is 29.8 Å². The van der Waals surface area contributed by atoms with Crippen LogP contribution in [-0.2, 0) is 16.1 Å². The average Bonchev–Trinajstić information content (AvgIpc) is 2.99. The number of hydrogen-bond acceptors (Lipinski definition) is 4. The second-order valence-corrected chi connectivity index (χ2v) is 6.96. The molecule has 0 radical (unpaired) electrons. The van der Waals surface area contributed by atoms with Crippen molar-refractivity contribution in [2.75, 3.05) is 13.7 Å². The predicted molar refractivity (Wildman–Crippen MR) is 93.3 cm³/mol. The number of hydrogen-bond donors (Lipinski definition) is 2.